The molecular formula is C19H21N3O3. The third-order valence-corrected chi connectivity index (χ3v) is 3.75. The molecule has 0 radical (unpaired) electrons. The van der Waals surface area contributed by atoms with Crippen molar-refractivity contribution >= 4 is 23.7 Å². The summed E-state index contributed by atoms with van der Waals surface area (Å²) in [7, 11) is 0. The summed E-state index contributed by atoms with van der Waals surface area (Å²) >= 11 is 0. The van der Waals surface area contributed by atoms with E-state index in [1.165, 1.54) is 12.3 Å². The minimum absolute atomic E-state index is 0.0365. The highest BCUT2D eigenvalue weighted by Gasteiger charge is 2.16. The molecule has 2 aromatic carbocycles. The lowest BCUT2D eigenvalue weighted by atomic mass is 10.0. The second kappa shape index (κ2) is 8.63. The normalized spacial score (nSPS) is 10.6. The van der Waals surface area contributed by atoms with Crippen molar-refractivity contribution in [2.24, 2.45) is 5.10 Å². The van der Waals surface area contributed by atoms with Gasteiger partial charge in [-0.05, 0) is 36.1 Å². The van der Waals surface area contributed by atoms with E-state index in [-0.39, 0.29) is 5.75 Å². The van der Waals surface area contributed by atoms with Crippen LogP contribution in [0.25, 0.3) is 0 Å². The number of amides is 2. The van der Waals surface area contributed by atoms with Crippen LogP contribution in [0.3, 0.4) is 0 Å². The zero-order valence-corrected chi connectivity index (χ0v) is 14.2. The van der Waals surface area contributed by atoms with E-state index >= 15 is 0 Å². The van der Waals surface area contributed by atoms with Crippen LogP contribution in [0.15, 0.2) is 47.6 Å². The third-order valence-electron chi connectivity index (χ3n) is 3.75. The van der Waals surface area contributed by atoms with Gasteiger partial charge in [0, 0.05) is 11.3 Å². The van der Waals surface area contributed by atoms with Crippen molar-refractivity contribution in [3.05, 3.63) is 59.2 Å². The van der Waals surface area contributed by atoms with E-state index in [1.807, 2.05) is 32.0 Å². The number of para-hydroxylation sites is 2. The number of carbonyl (C=O) groups is 2. The highest BCUT2D eigenvalue weighted by molar-refractivity contribution is 6.39. The van der Waals surface area contributed by atoms with Gasteiger partial charge in [-0.3, -0.25) is 9.59 Å². The van der Waals surface area contributed by atoms with E-state index in [1.54, 1.807) is 18.2 Å². The van der Waals surface area contributed by atoms with Crippen molar-refractivity contribution in [2.45, 2.75) is 26.7 Å². The van der Waals surface area contributed by atoms with Crippen LogP contribution in [0.4, 0.5) is 5.69 Å². The van der Waals surface area contributed by atoms with Gasteiger partial charge in [-0.2, -0.15) is 5.10 Å². The summed E-state index contributed by atoms with van der Waals surface area (Å²) in [5.41, 5.74) is 5.22. The van der Waals surface area contributed by atoms with Crippen molar-refractivity contribution < 1.29 is 14.7 Å². The first-order valence-corrected chi connectivity index (χ1v) is 8.10. The first kappa shape index (κ1) is 18.2. The Morgan fingerprint density at radius 3 is 2.24 bits per heavy atom. The van der Waals surface area contributed by atoms with E-state index in [4.69, 9.17) is 0 Å². The van der Waals surface area contributed by atoms with Gasteiger partial charge in [-0.1, -0.05) is 44.2 Å². The summed E-state index contributed by atoms with van der Waals surface area (Å²) in [6.07, 6.45) is 2.77. The molecule has 0 aliphatic heterocycles. The molecule has 6 nitrogen and oxygen atoms in total. The number of hydrogen-bond acceptors (Lipinski definition) is 4. The molecular weight excluding hydrogens is 318 g/mol. The zero-order valence-electron chi connectivity index (χ0n) is 14.2. The quantitative estimate of drug-likeness (QED) is 0.444. The SMILES string of the molecule is CCc1cccc(CC)c1NC(=O)C(=O)N/N=C/c1ccccc1O. The van der Waals surface area contributed by atoms with E-state index in [2.05, 4.69) is 15.8 Å². The average Bonchev–Trinajstić information content (AvgIpc) is 2.63. The van der Waals surface area contributed by atoms with Crippen LogP contribution in [0, 0.1) is 0 Å². The van der Waals surface area contributed by atoms with Crippen LogP contribution in [0.2, 0.25) is 0 Å². The number of nitrogens with one attached hydrogen (secondary N) is 2. The van der Waals surface area contributed by atoms with Crippen molar-refractivity contribution in [3.8, 4) is 5.75 Å². The molecule has 0 saturated carbocycles. The summed E-state index contributed by atoms with van der Waals surface area (Å²) in [5, 5.41) is 16.0. The molecule has 0 aromatic heterocycles. The van der Waals surface area contributed by atoms with Gasteiger partial charge in [0.1, 0.15) is 5.75 Å². The molecule has 2 amide bonds. The molecule has 25 heavy (non-hydrogen) atoms. The predicted octanol–water partition coefficient (Wildman–Crippen LogP) is 2.61. The molecule has 0 fully saturated rings. The number of hydrogen-bond donors (Lipinski definition) is 3. The fraction of sp³-hybridized carbons (Fsp3) is 0.211. The largest absolute Gasteiger partial charge is 0.507 e. The van der Waals surface area contributed by atoms with Crippen molar-refractivity contribution in [2.75, 3.05) is 5.32 Å². The Kier molecular flexibility index (Phi) is 6.28. The van der Waals surface area contributed by atoms with Gasteiger partial charge in [0.15, 0.2) is 0 Å². The number of phenolic OH excluding ortho intramolecular Hbond substituents is 1. The maximum absolute atomic E-state index is 12.1. The van der Waals surface area contributed by atoms with Crippen LogP contribution < -0.4 is 10.7 Å². The Bertz CT molecular complexity index is 778. The lowest BCUT2D eigenvalue weighted by Crippen LogP contribution is -2.33. The molecule has 3 N–H and O–H groups in total. The summed E-state index contributed by atoms with van der Waals surface area (Å²) in [5.74, 6) is -1.63. The van der Waals surface area contributed by atoms with Crippen molar-refractivity contribution in [1.82, 2.24) is 5.43 Å². The van der Waals surface area contributed by atoms with E-state index in [0.29, 0.717) is 11.3 Å². The Balaban J connectivity index is 2.04. The van der Waals surface area contributed by atoms with Crippen molar-refractivity contribution in [3.63, 3.8) is 0 Å². The molecule has 0 aliphatic rings. The summed E-state index contributed by atoms with van der Waals surface area (Å²) in [6, 6.07) is 12.3. The summed E-state index contributed by atoms with van der Waals surface area (Å²) in [6.45, 7) is 3.97. The van der Waals surface area contributed by atoms with E-state index in [9.17, 15) is 14.7 Å². The summed E-state index contributed by atoms with van der Waals surface area (Å²) in [4.78, 5) is 24.0. The number of rotatable bonds is 5. The van der Waals surface area contributed by atoms with Gasteiger partial charge < -0.3 is 10.4 Å². The highest BCUT2D eigenvalue weighted by atomic mass is 16.3. The molecule has 0 heterocycles. The van der Waals surface area contributed by atoms with Crippen molar-refractivity contribution in [1.29, 1.82) is 0 Å². The molecule has 2 aromatic rings. The number of aromatic hydroxyl groups is 1. The standard InChI is InChI=1S/C19H21N3O3/c1-3-13-9-7-10-14(4-2)17(13)21-18(24)19(25)22-20-12-15-8-5-6-11-16(15)23/h5-12,23H,3-4H2,1-2H3,(H,21,24)(H,22,25)/b20-12+. The molecule has 0 saturated heterocycles. The van der Waals surface area contributed by atoms with Crippen LogP contribution in [0.1, 0.15) is 30.5 Å². The maximum Gasteiger partial charge on any atom is 0.329 e. The van der Waals surface area contributed by atoms with Crippen LogP contribution in [0.5, 0.6) is 5.75 Å². The highest BCUT2D eigenvalue weighted by Crippen LogP contribution is 2.22. The third kappa shape index (κ3) is 4.67. The smallest absolute Gasteiger partial charge is 0.329 e. The molecule has 0 atom stereocenters. The number of phenols is 1. The fourth-order valence-electron chi connectivity index (χ4n) is 2.38. The predicted molar refractivity (Wildman–Crippen MR) is 97.7 cm³/mol. The van der Waals surface area contributed by atoms with Crippen LogP contribution in [-0.2, 0) is 22.4 Å². The lowest BCUT2D eigenvalue weighted by Gasteiger charge is -2.13. The monoisotopic (exact) mass is 339 g/mol. The summed E-state index contributed by atoms with van der Waals surface area (Å²) < 4.78 is 0. The number of hydrazone groups is 1. The minimum Gasteiger partial charge on any atom is -0.507 e. The zero-order chi connectivity index (χ0) is 18.2. The topological polar surface area (TPSA) is 90.8 Å². The average molecular weight is 339 g/mol. The molecule has 0 aliphatic carbocycles. The number of nitrogens with zero attached hydrogens (tertiary/aromatic N) is 1. The van der Waals surface area contributed by atoms with Crippen LogP contribution >= 0.6 is 0 Å². The van der Waals surface area contributed by atoms with Crippen LogP contribution in [-0.4, -0.2) is 23.1 Å². The maximum atomic E-state index is 12.1. The van der Waals surface area contributed by atoms with Gasteiger partial charge in [-0.25, -0.2) is 5.43 Å². The van der Waals surface area contributed by atoms with E-state index in [0.717, 1.165) is 24.0 Å². The Hall–Kier alpha value is -3.15. The van der Waals surface area contributed by atoms with Gasteiger partial charge in [-0.15, -0.1) is 0 Å². The first-order chi connectivity index (χ1) is 12.1. The second-order valence-electron chi connectivity index (χ2n) is 5.37. The van der Waals surface area contributed by atoms with Gasteiger partial charge in [0.25, 0.3) is 0 Å². The molecule has 0 spiro atoms. The fourth-order valence-corrected chi connectivity index (χ4v) is 2.38. The van der Waals surface area contributed by atoms with Gasteiger partial charge >= 0.3 is 11.8 Å². The Labute approximate surface area is 146 Å². The molecule has 2 rings (SSSR count). The minimum atomic E-state index is -0.875. The first-order valence-electron chi connectivity index (χ1n) is 8.10. The lowest BCUT2D eigenvalue weighted by molar-refractivity contribution is -0.136. The molecule has 0 bridgehead atoms. The number of aryl methyl sites for hydroxylation is 2. The second-order valence-corrected chi connectivity index (χ2v) is 5.37. The van der Waals surface area contributed by atoms with E-state index < -0.39 is 11.8 Å². The Morgan fingerprint density at radius 2 is 1.64 bits per heavy atom. The molecule has 6 heteroatoms. The molecule has 0 unspecified atom stereocenters. The Morgan fingerprint density at radius 1 is 1.00 bits per heavy atom. The number of carbonyl (C=O) groups excluding carboxylic acids is 2. The number of anilines is 1. The molecule has 130 valence electrons. The van der Waals surface area contributed by atoms with Gasteiger partial charge in [0.05, 0.1) is 6.21 Å². The number of benzene rings is 2. The van der Waals surface area contributed by atoms with Gasteiger partial charge in [0.2, 0.25) is 0 Å².